The summed E-state index contributed by atoms with van der Waals surface area (Å²) in [6.45, 7) is 9.41. The van der Waals surface area contributed by atoms with Crippen LogP contribution in [0.5, 0.6) is 0 Å². The van der Waals surface area contributed by atoms with Crippen LogP contribution in [0.2, 0.25) is 0 Å². The van der Waals surface area contributed by atoms with Crippen LogP contribution >= 0.6 is 0 Å². The SMILES string of the molecule is Cc1nn(C(C)(C)C)c2nc(C3CC3)cc(C(=O)NC(C)C(=O)O)c12. The average molecular weight is 344 g/mol. The molecule has 0 aromatic carbocycles. The van der Waals surface area contributed by atoms with E-state index in [1.54, 1.807) is 6.07 Å². The number of aliphatic carboxylic acids is 1. The Morgan fingerprint density at radius 3 is 2.52 bits per heavy atom. The number of carbonyl (C=O) groups excluding carboxylic acids is 1. The predicted octanol–water partition coefficient (Wildman–Crippen LogP) is 2.58. The van der Waals surface area contributed by atoms with Gasteiger partial charge in [0.15, 0.2) is 5.65 Å². The molecule has 1 atom stereocenters. The number of carboxylic acids is 1. The smallest absolute Gasteiger partial charge is 0.325 e. The van der Waals surface area contributed by atoms with Gasteiger partial charge in [-0.25, -0.2) is 9.67 Å². The molecule has 0 aliphatic heterocycles. The van der Waals surface area contributed by atoms with Crippen LogP contribution in [0.25, 0.3) is 11.0 Å². The molecule has 0 spiro atoms. The lowest BCUT2D eigenvalue weighted by molar-refractivity contribution is -0.138. The van der Waals surface area contributed by atoms with Crippen molar-refractivity contribution in [2.24, 2.45) is 0 Å². The van der Waals surface area contributed by atoms with Gasteiger partial charge in [0.2, 0.25) is 0 Å². The van der Waals surface area contributed by atoms with Crippen LogP contribution < -0.4 is 5.32 Å². The van der Waals surface area contributed by atoms with Crippen molar-refractivity contribution in [1.29, 1.82) is 0 Å². The van der Waals surface area contributed by atoms with Gasteiger partial charge >= 0.3 is 5.97 Å². The number of nitrogens with zero attached hydrogens (tertiary/aromatic N) is 3. The van der Waals surface area contributed by atoms with Crippen LogP contribution in [0.3, 0.4) is 0 Å². The topological polar surface area (TPSA) is 97.1 Å². The first-order valence-corrected chi connectivity index (χ1v) is 8.54. The monoisotopic (exact) mass is 344 g/mol. The third kappa shape index (κ3) is 3.23. The Bertz CT molecular complexity index is 859. The number of carboxylic acid groups (broad SMARTS) is 1. The van der Waals surface area contributed by atoms with E-state index in [-0.39, 0.29) is 5.54 Å². The first kappa shape index (κ1) is 17.4. The molecule has 134 valence electrons. The van der Waals surface area contributed by atoms with Crippen molar-refractivity contribution < 1.29 is 14.7 Å². The summed E-state index contributed by atoms with van der Waals surface area (Å²) in [5.74, 6) is -1.10. The molecule has 2 aromatic rings. The zero-order valence-electron chi connectivity index (χ0n) is 15.3. The summed E-state index contributed by atoms with van der Waals surface area (Å²) in [4.78, 5) is 28.6. The Morgan fingerprint density at radius 1 is 1.36 bits per heavy atom. The molecular formula is C18H24N4O3. The minimum absolute atomic E-state index is 0.274. The van der Waals surface area contributed by atoms with Crippen molar-refractivity contribution in [1.82, 2.24) is 20.1 Å². The molecular weight excluding hydrogens is 320 g/mol. The van der Waals surface area contributed by atoms with E-state index in [0.29, 0.717) is 28.2 Å². The van der Waals surface area contributed by atoms with Gasteiger partial charge in [-0.2, -0.15) is 5.10 Å². The molecule has 0 bridgehead atoms. The van der Waals surface area contributed by atoms with Crippen molar-refractivity contribution in [3.8, 4) is 0 Å². The van der Waals surface area contributed by atoms with E-state index in [1.807, 2.05) is 32.4 Å². The normalized spacial score (nSPS) is 16.0. The van der Waals surface area contributed by atoms with Crippen LogP contribution in [-0.4, -0.2) is 37.8 Å². The highest BCUT2D eigenvalue weighted by Gasteiger charge is 2.30. The number of carbonyl (C=O) groups is 2. The van der Waals surface area contributed by atoms with E-state index in [1.165, 1.54) is 6.92 Å². The van der Waals surface area contributed by atoms with E-state index >= 15 is 0 Å². The third-order valence-corrected chi connectivity index (χ3v) is 4.43. The van der Waals surface area contributed by atoms with E-state index in [0.717, 1.165) is 18.5 Å². The first-order chi connectivity index (χ1) is 11.6. The van der Waals surface area contributed by atoms with Gasteiger partial charge in [-0.1, -0.05) is 0 Å². The summed E-state index contributed by atoms with van der Waals surface area (Å²) in [6.07, 6.45) is 2.13. The molecule has 1 saturated carbocycles. The number of pyridine rings is 1. The van der Waals surface area contributed by atoms with Crippen molar-refractivity contribution in [2.75, 3.05) is 0 Å². The highest BCUT2D eigenvalue weighted by Crippen LogP contribution is 2.40. The van der Waals surface area contributed by atoms with Crippen molar-refractivity contribution in [3.63, 3.8) is 0 Å². The maximum absolute atomic E-state index is 12.7. The van der Waals surface area contributed by atoms with Gasteiger partial charge < -0.3 is 10.4 Å². The third-order valence-electron chi connectivity index (χ3n) is 4.43. The molecule has 7 heteroatoms. The lowest BCUT2D eigenvalue weighted by Crippen LogP contribution is -2.38. The standard InChI is InChI=1S/C18H24N4O3/c1-9-14-12(16(23)19-10(2)17(24)25)8-13(11-6-7-11)20-15(14)22(21-9)18(3,4)5/h8,10-11H,6-7H2,1-5H3,(H,19,23)(H,24,25). The summed E-state index contributed by atoms with van der Waals surface area (Å²) < 4.78 is 1.85. The van der Waals surface area contributed by atoms with Gasteiger partial charge in [0, 0.05) is 11.6 Å². The minimum Gasteiger partial charge on any atom is -0.480 e. The highest BCUT2D eigenvalue weighted by molar-refractivity contribution is 6.07. The zero-order chi connectivity index (χ0) is 18.5. The number of aromatic nitrogens is 3. The molecule has 0 saturated heterocycles. The second kappa shape index (κ2) is 5.82. The van der Waals surface area contributed by atoms with Crippen LogP contribution in [-0.2, 0) is 10.3 Å². The van der Waals surface area contributed by atoms with Gasteiger partial charge in [0.05, 0.1) is 22.2 Å². The Balaban J connectivity index is 2.18. The summed E-state index contributed by atoms with van der Waals surface area (Å²) in [5.41, 5.74) is 2.46. The summed E-state index contributed by atoms with van der Waals surface area (Å²) >= 11 is 0. The molecule has 25 heavy (non-hydrogen) atoms. The van der Waals surface area contributed by atoms with Gasteiger partial charge in [-0.15, -0.1) is 0 Å². The lowest BCUT2D eigenvalue weighted by atomic mass is 10.1. The average Bonchev–Trinajstić information content (AvgIpc) is 3.29. The van der Waals surface area contributed by atoms with E-state index in [9.17, 15) is 9.59 Å². The molecule has 1 unspecified atom stereocenters. The lowest BCUT2D eigenvalue weighted by Gasteiger charge is -2.20. The Morgan fingerprint density at radius 2 is 2.00 bits per heavy atom. The van der Waals surface area contributed by atoms with Gasteiger partial charge in [-0.3, -0.25) is 9.59 Å². The highest BCUT2D eigenvalue weighted by atomic mass is 16.4. The Kier molecular flexibility index (Phi) is 4.05. The number of fused-ring (bicyclic) bond motifs is 1. The van der Waals surface area contributed by atoms with E-state index < -0.39 is 17.9 Å². The fraction of sp³-hybridized carbons (Fsp3) is 0.556. The van der Waals surface area contributed by atoms with Crippen LogP contribution in [0.4, 0.5) is 0 Å². The summed E-state index contributed by atoms with van der Waals surface area (Å²) in [5, 5.41) is 16.9. The quantitative estimate of drug-likeness (QED) is 0.888. The minimum atomic E-state index is -1.07. The predicted molar refractivity (Wildman–Crippen MR) is 93.8 cm³/mol. The maximum atomic E-state index is 12.7. The fourth-order valence-corrected chi connectivity index (χ4v) is 2.88. The van der Waals surface area contributed by atoms with Crippen LogP contribution in [0.15, 0.2) is 6.07 Å². The second-order valence-electron chi connectivity index (χ2n) is 7.77. The zero-order valence-corrected chi connectivity index (χ0v) is 15.3. The van der Waals surface area contributed by atoms with Crippen molar-refractivity contribution in [3.05, 3.63) is 23.0 Å². The number of hydrogen-bond acceptors (Lipinski definition) is 4. The number of hydrogen-bond donors (Lipinski definition) is 2. The number of nitrogens with one attached hydrogen (secondary N) is 1. The molecule has 1 aliphatic rings. The first-order valence-electron chi connectivity index (χ1n) is 8.54. The maximum Gasteiger partial charge on any atom is 0.325 e. The molecule has 0 radical (unpaired) electrons. The van der Waals surface area contributed by atoms with E-state index in [2.05, 4.69) is 10.4 Å². The van der Waals surface area contributed by atoms with Crippen LogP contribution in [0, 0.1) is 6.92 Å². The summed E-state index contributed by atoms with van der Waals surface area (Å²) in [6, 6.07) is 0.837. The largest absolute Gasteiger partial charge is 0.480 e. The Hall–Kier alpha value is -2.44. The number of aryl methyl sites for hydroxylation is 1. The summed E-state index contributed by atoms with van der Waals surface area (Å²) in [7, 11) is 0. The van der Waals surface area contributed by atoms with Crippen molar-refractivity contribution in [2.45, 2.75) is 65.0 Å². The molecule has 2 N–H and O–H groups in total. The molecule has 2 heterocycles. The van der Waals surface area contributed by atoms with E-state index in [4.69, 9.17) is 10.1 Å². The molecule has 7 nitrogen and oxygen atoms in total. The fourth-order valence-electron chi connectivity index (χ4n) is 2.88. The molecule has 1 amide bonds. The molecule has 1 aliphatic carbocycles. The Labute approximate surface area is 146 Å². The van der Waals surface area contributed by atoms with Gasteiger partial charge in [-0.05, 0) is 53.5 Å². The second-order valence-corrected chi connectivity index (χ2v) is 7.77. The molecule has 2 aromatic heterocycles. The molecule has 3 rings (SSSR count). The van der Waals surface area contributed by atoms with Gasteiger partial charge in [0.25, 0.3) is 5.91 Å². The van der Waals surface area contributed by atoms with Crippen LogP contribution in [0.1, 0.15) is 68.2 Å². The number of rotatable bonds is 4. The van der Waals surface area contributed by atoms with Gasteiger partial charge in [0.1, 0.15) is 6.04 Å². The number of amides is 1. The molecule has 1 fully saturated rings. The van der Waals surface area contributed by atoms with Crippen molar-refractivity contribution >= 4 is 22.9 Å².